The van der Waals surface area contributed by atoms with Crippen molar-refractivity contribution in [1.82, 2.24) is 0 Å². The Labute approximate surface area is 118 Å². The molecule has 20 heavy (non-hydrogen) atoms. The Bertz CT molecular complexity index is 684. The van der Waals surface area contributed by atoms with Crippen LogP contribution in [0.25, 0.3) is 0 Å². The molecular weight excluding hydrogens is 278 g/mol. The molecule has 0 unspecified atom stereocenters. The summed E-state index contributed by atoms with van der Waals surface area (Å²) >= 11 is 1.42. The van der Waals surface area contributed by atoms with Gasteiger partial charge in [-0.15, -0.1) is 0 Å². The molecule has 0 bridgehead atoms. The lowest BCUT2D eigenvalue weighted by atomic mass is 10.2. The van der Waals surface area contributed by atoms with Gasteiger partial charge in [0.15, 0.2) is 5.44 Å². The fraction of sp³-hybridized carbons (Fsp3) is 0.0714. The third-order valence-electron chi connectivity index (χ3n) is 2.93. The summed E-state index contributed by atoms with van der Waals surface area (Å²) in [5, 5.41) is 10.6. The lowest BCUT2D eigenvalue weighted by molar-refractivity contribution is -0.384. The minimum atomic E-state index is -0.474. The van der Waals surface area contributed by atoms with Gasteiger partial charge in [0.05, 0.1) is 10.5 Å². The lowest BCUT2D eigenvalue weighted by Gasteiger charge is -2.23. The van der Waals surface area contributed by atoms with Crippen molar-refractivity contribution < 1.29 is 14.5 Å². The van der Waals surface area contributed by atoms with Crippen LogP contribution in [-0.2, 0) is 4.74 Å². The number of nitrogens with zero attached hydrogens (tertiary/aromatic N) is 1. The first-order valence-corrected chi connectivity index (χ1v) is 6.74. The minimum absolute atomic E-state index is 0.0151. The van der Waals surface area contributed by atoms with E-state index in [-0.39, 0.29) is 11.7 Å². The second kappa shape index (κ2) is 4.97. The van der Waals surface area contributed by atoms with Gasteiger partial charge in [0.1, 0.15) is 0 Å². The summed E-state index contributed by atoms with van der Waals surface area (Å²) in [5.41, 5.74) is 0.818. The molecule has 1 atom stereocenters. The number of nitro groups is 1. The van der Waals surface area contributed by atoms with Crippen molar-refractivity contribution in [3.8, 4) is 0 Å². The van der Waals surface area contributed by atoms with Gasteiger partial charge in [0.2, 0.25) is 0 Å². The van der Waals surface area contributed by atoms with Crippen molar-refractivity contribution in [3.05, 3.63) is 69.8 Å². The van der Waals surface area contributed by atoms with Gasteiger partial charge in [0, 0.05) is 22.6 Å². The Kier molecular flexibility index (Phi) is 3.15. The number of cyclic esters (lactones) is 1. The largest absolute Gasteiger partial charge is 0.442 e. The first kappa shape index (κ1) is 12.7. The molecule has 0 saturated heterocycles. The van der Waals surface area contributed by atoms with E-state index in [4.69, 9.17) is 4.74 Å². The predicted octanol–water partition coefficient (Wildman–Crippen LogP) is 3.56. The van der Waals surface area contributed by atoms with Crippen LogP contribution >= 0.6 is 11.8 Å². The molecule has 0 saturated carbocycles. The highest BCUT2D eigenvalue weighted by atomic mass is 32.2. The highest BCUT2D eigenvalue weighted by Gasteiger charge is 2.28. The summed E-state index contributed by atoms with van der Waals surface area (Å²) in [4.78, 5) is 22.9. The number of benzene rings is 2. The molecule has 0 radical (unpaired) electrons. The van der Waals surface area contributed by atoms with Crippen LogP contribution in [0.1, 0.15) is 21.4 Å². The third kappa shape index (κ3) is 2.25. The Hall–Kier alpha value is -2.34. The van der Waals surface area contributed by atoms with E-state index in [0.29, 0.717) is 5.56 Å². The van der Waals surface area contributed by atoms with Gasteiger partial charge in [-0.05, 0) is 24.3 Å². The van der Waals surface area contributed by atoms with E-state index in [0.717, 1.165) is 10.5 Å². The first-order valence-electron chi connectivity index (χ1n) is 5.86. The second-order valence-corrected chi connectivity index (χ2v) is 5.30. The molecule has 3 rings (SSSR count). The molecule has 6 heteroatoms. The van der Waals surface area contributed by atoms with E-state index < -0.39 is 10.4 Å². The molecule has 0 amide bonds. The predicted molar refractivity (Wildman–Crippen MR) is 73.6 cm³/mol. The average Bonchev–Trinajstić information content (AvgIpc) is 2.47. The minimum Gasteiger partial charge on any atom is -0.442 e. The number of esters is 1. The monoisotopic (exact) mass is 287 g/mol. The number of fused-ring (bicyclic) bond motifs is 1. The van der Waals surface area contributed by atoms with E-state index in [9.17, 15) is 14.9 Å². The Morgan fingerprint density at radius 2 is 1.80 bits per heavy atom. The normalized spacial score (nSPS) is 17.2. The lowest BCUT2D eigenvalue weighted by Crippen LogP contribution is -2.15. The fourth-order valence-electron chi connectivity index (χ4n) is 1.93. The molecule has 1 aliphatic rings. The number of non-ortho nitro benzene ring substituents is 1. The molecule has 0 N–H and O–H groups in total. The topological polar surface area (TPSA) is 69.4 Å². The second-order valence-electron chi connectivity index (χ2n) is 4.20. The molecule has 100 valence electrons. The molecule has 5 nitrogen and oxygen atoms in total. The number of carbonyl (C=O) groups is 1. The number of thioether (sulfide) groups is 1. The van der Waals surface area contributed by atoms with E-state index in [1.54, 1.807) is 24.3 Å². The van der Waals surface area contributed by atoms with Crippen LogP contribution in [0.15, 0.2) is 53.4 Å². The molecule has 1 heterocycles. The van der Waals surface area contributed by atoms with E-state index in [1.165, 1.54) is 23.9 Å². The summed E-state index contributed by atoms with van der Waals surface area (Å²) < 4.78 is 5.35. The number of carbonyl (C=O) groups excluding carboxylic acids is 1. The van der Waals surface area contributed by atoms with Gasteiger partial charge in [-0.2, -0.15) is 0 Å². The number of ether oxygens (including phenoxy) is 1. The van der Waals surface area contributed by atoms with Gasteiger partial charge in [-0.3, -0.25) is 10.1 Å². The maximum atomic E-state index is 11.9. The zero-order valence-corrected chi connectivity index (χ0v) is 11.0. The van der Waals surface area contributed by atoms with E-state index in [2.05, 4.69) is 0 Å². The number of hydrogen-bond acceptors (Lipinski definition) is 5. The number of rotatable bonds is 2. The molecule has 0 aromatic heterocycles. The van der Waals surface area contributed by atoms with Gasteiger partial charge in [0.25, 0.3) is 5.69 Å². The summed E-state index contributed by atoms with van der Waals surface area (Å²) in [7, 11) is 0. The van der Waals surface area contributed by atoms with Crippen LogP contribution in [0.2, 0.25) is 0 Å². The molecule has 2 aromatic rings. The smallest absolute Gasteiger partial charge is 0.340 e. The van der Waals surface area contributed by atoms with Gasteiger partial charge in [-0.25, -0.2) is 4.79 Å². The van der Waals surface area contributed by atoms with Crippen molar-refractivity contribution >= 4 is 23.4 Å². The zero-order valence-electron chi connectivity index (χ0n) is 10.2. The summed E-state index contributed by atoms with van der Waals surface area (Å²) in [6.07, 6.45) is 0. The van der Waals surface area contributed by atoms with Gasteiger partial charge in [-0.1, -0.05) is 23.9 Å². The van der Waals surface area contributed by atoms with Crippen LogP contribution in [0.5, 0.6) is 0 Å². The van der Waals surface area contributed by atoms with Crippen LogP contribution in [0.4, 0.5) is 5.69 Å². The van der Waals surface area contributed by atoms with E-state index >= 15 is 0 Å². The van der Waals surface area contributed by atoms with Gasteiger partial charge < -0.3 is 4.74 Å². The molecule has 0 fully saturated rings. The van der Waals surface area contributed by atoms with Crippen molar-refractivity contribution in [3.63, 3.8) is 0 Å². The van der Waals surface area contributed by atoms with Crippen molar-refractivity contribution in [2.45, 2.75) is 10.3 Å². The first-order chi connectivity index (χ1) is 9.65. The Balaban J connectivity index is 1.90. The van der Waals surface area contributed by atoms with Crippen molar-refractivity contribution in [1.29, 1.82) is 0 Å². The van der Waals surface area contributed by atoms with Crippen molar-refractivity contribution in [2.75, 3.05) is 0 Å². The quantitative estimate of drug-likeness (QED) is 0.480. The highest BCUT2D eigenvalue weighted by Crippen LogP contribution is 2.42. The molecule has 1 aliphatic heterocycles. The molecule has 0 aliphatic carbocycles. The van der Waals surface area contributed by atoms with Gasteiger partial charge >= 0.3 is 5.97 Å². The van der Waals surface area contributed by atoms with E-state index in [1.807, 2.05) is 12.1 Å². The van der Waals surface area contributed by atoms with Crippen molar-refractivity contribution in [2.24, 2.45) is 0 Å². The average molecular weight is 287 g/mol. The van der Waals surface area contributed by atoms with Crippen LogP contribution in [-0.4, -0.2) is 10.9 Å². The SMILES string of the molecule is O=C1O[C@@H](c2ccc([N+](=O)[O-])cc2)Sc2ccccc21. The summed E-state index contributed by atoms with van der Waals surface area (Å²) in [5.74, 6) is -0.372. The Morgan fingerprint density at radius 3 is 2.50 bits per heavy atom. The van der Waals surface area contributed by atoms with Crippen LogP contribution < -0.4 is 0 Å². The Morgan fingerprint density at radius 1 is 1.10 bits per heavy atom. The zero-order chi connectivity index (χ0) is 14.1. The maximum absolute atomic E-state index is 11.9. The fourth-order valence-corrected chi connectivity index (χ4v) is 3.02. The maximum Gasteiger partial charge on any atom is 0.340 e. The standard InChI is InChI=1S/C14H9NO4S/c16-13-11-3-1-2-4-12(11)20-14(19-13)9-5-7-10(8-6-9)15(17)18/h1-8,14H/t14-/m1/s1. The molecular formula is C14H9NO4S. The third-order valence-corrected chi connectivity index (χ3v) is 4.12. The van der Waals surface area contributed by atoms with Crippen LogP contribution in [0, 0.1) is 10.1 Å². The molecule has 0 spiro atoms. The number of hydrogen-bond donors (Lipinski definition) is 0. The number of nitro benzene ring substituents is 1. The molecule has 2 aromatic carbocycles. The summed E-state index contributed by atoms with van der Waals surface area (Å²) in [6.45, 7) is 0. The van der Waals surface area contributed by atoms with Crippen LogP contribution in [0.3, 0.4) is 0 Å². The highest BCUT2D eigenvalue weighted by molar-refractivity contribution is 7.99. The summed E-state index contributed by atoms with van der Waals surface area (Å²) in [6, 6.07) is 13.3.